The molecular formula is C8H10O4. The van der Waals surface area contributed by atoms with Crippen molar-refractivity contribution in [3.8, 4) is 0 Å². The zero-order chi connectivity index (χ0) is 9.14. The first-order chi connectivity index (χ1) is 5.59. The van der Waals surface area contributed by atoms with Crippen molar-refractivity contribution in [1.29, 1.82) is 0 Å². The lowest BCUT2D eigenvalue weighted by atomic mass is 9.95. The van der Waals surface area contributed by atoms with Gasteiger partial charge in [0.2, 0.25) is 0 Å². The first-order valence-electron chi connectivity index (χ1n) is 3.81. The van der Waals surface area contributed by atoms with Gasteiger partial charge in [-0.2, -0.15) is 0 Å². The molecule has 4 heteroatoms. The normalized spacial score (nSPS) is 23.9. The second-order valence-electron chi connectivity index (χ2n) is 2.81. The molecule has 12 heavy (non-hydrogen) atoms. The fraction of sp³-hybridized carbons (Fsp3) is 0.625. The Morgan fingerprint density at radius 2 is 2.08 bits per heavy atom. The largest absolute Gasteiger partial charge is 0.454 e. The van der Waals surface area contributed by atoms with Gasteiger partial charge in [0, 0.05) is 19.8 Å². The van der Waals surface area contributed by atoms with Gasteiger partial charge < -0.3 is 4.74 Å². The van der Waals surface area contributed by atoms with Crippen LogP contribution in [0.1, 0.15) is 26.2 Å². The average Bonchev–Trinajstić information content (AvgIpc) is 1.96. The van der Waals surface area contributed by atoms with Crippen LogP contribution in [0.2, 0.25) is 0 Å². The summed E-state index contributed by atoms with van der Waals surface area (Å²) >= 11 is 0. The number of carbonyl (C=O) groups is 3. The van der Waals surface area contributed by atoms with Crippen LogP contribution >= 0.6 is 0 Å². The molecule has 0 aromatic heterocycles. The number of rotatable bonds is 1. The topological polar surface area (TPSA) is 60.4 Å². The summed E-state index contributed by atoms with van der Waals surface area (Å²) in [6.07, 6.45) is -0.269. The molecule has 1 unspecified atom stereocenters. The van der Waals surface area contributed by atoms with Crippen LogP contribution in [0.3, 0.4) is 0 Å². The molecule has 1 aliphatic carbocycles. The summed E-state index contributed by atoms with van der Waals surface area (Å²) in [5.74, 6) is -0.672. The predicted molar refractivity (Wildman–Crippen MR) is 39.4 cm³/mol. The molecule has 1 atom stereocenters. The number of carbonyl (C=O) groups excluding carboxylic acids is 3. The number of ether oxygens (including phenoxy) is 1. The first-order valence-corrected chi connectivity index (χ1v) is 3.81. The Balaban J connectivity index is 2.55. The number of Topliss-reactive ketones (excluding diaryl/α,β-unsaturated/α-hetero) is 2. The molecule has 0 radical (unpaired) electrons. The van der Waals surface area contributed by atoms with Crippen molar-refractivity contribution in [3.05, 3.63) is 0 Å². The van der Waals surface area contributed by atoms with E-state index in [9.17, 15) is 14.4 Å². The molecular weight excluding hydrogens is 160 g/mol. The van der Waals surface area contributed by atoms with E-state index < -0.39 is 12.1 Å². The van der Waals surface area contributed by atoms with Gasteiger partial charge in [-0.3, -0.25) is 14.4 Å². The van der Waals surface area contributed by atoms with E-state index in [1.54, 1.807) is 0 Å². The van der Waals surface area contributed by atoms with Gasteiger partial charge in [-0.15, -0.1) is 0 Å². The van der Waals surface area contributed by atoms with Crippen molar-refractivity contribution in [3.63, 3.8) is 0 Å². The Kier molecular flexibility index (Phi) is 2.58. The summed E-state index contributed by atoms with van der Waals surface area (Å²) in [5, 5.41) is 0. The maximum absolute atomic E-state index is 11.0. The molecule has 4 nitrogen and oxygen atoms in total. The van der Waals surface area contributed by atoms with Crippen LogP contribution in [0.4, 0.5) is 0 Å². The van der Waals surface area contributed by atoms with Gasteiger partial charge >= 0.3 is 5.97 Å². The Morgan fingerprint density at radius 3 is 2.67 bits per heavy atom. The van der Waals surface area contributed by atoms with E-state index >= 15 is 0 Å². The number of hydrogen-bond donors (Lipinski definition) is 0. The molecule has 0 aromatic carbocycles. The molecule has 1 aliphatic rings. The number of ketones is 2. The number of hydrogen-bond acceptors (Lipinski definition) is 4. The van der Waals surface area contributed by atoms with Crippen molar-refractivity contribution in [1.82, 2.24) is 0 Å². The van der Waals surface area contributed by atoms with E-state index in [0.29, 0.717) is 0 Å². The van der Waals surface area contributed by atoms with E-state index in [4.69, 9.17) is 0 Å². The Morgan fingerprint density at radius 1 is 1.42 bits per heavy atom. The van der Waals surface area contributed by atoms with E-state index in [1.807, 2.05) is 0 Å². The van der Waals surface area contributed by atoms with Crippen LogP contribution in [-0.2, 0) is 19.1 Å². The average molecular weight is 170 g/mol. The van der Waals surface area contributed by atoms with Crippen molar-refractivity contribution < 1.29 is 19.1 Å². The minimum absolute atomic E-state index is 0.0131. The summed E-state index contributed by atoms with van der Waals surface area (Å²) in [5.41, 5.74) is 0. The van der Waals surface area contributed by atoms with Gasteiger partial charge in [-0.05, 0) is 0 Å². The lowest BCUT2D eigenvalue weighted by Gasteiger charge is -2.18. The molecule has 1 rings (SSSR count). The van der Waals surface area contributed by atoms with Gasteiger partial charge in [-0.1, -0.05) is 0 Å². The SMILES string of the molecule is CC(=O)OC1CC(=O)CCC1=O. The second kappa shape index (κ2) is 3.47. The number of esters is 1. The molecule has 0 amide bonds. The van der Waals surface area contributed by atoms with Gasteiger partial charge in [0.15, 0.2) is 11.9 Å². The molecule has 0 saturated heterocycles. The van der Waals surface area contributed by atoms with Crippen molar-refractivity contribution >= 4 is 17.5 Å². The lowest BCUT2D eigenvalue weighted by Crippen LogP contribution is -2.33. The third-order valence-electron chi connectivity index (χ3n) is 1.73. The Hall–Kier alpha value is -1.19. The van der Waals surface area contributed by atoms with Crippen LogP contribution in [0.15, 0.2) is 0 Å². The second-order valence-corrected chi connectivity index (χ2v) is 2.81. The van der Waals surface area contributed by atoms with Gasteiger partial charge in [0.05, 0.1) is 6.42 Å². The Labute approximate surface area is 69.9 Å². The van der Waals surface area contributed by atoms with E-state index in [-0.39, 0.29) is 30.8 Å². The first kappa shape index (κ1) is 8.90. The Bertz CT molecular complexity index is 229. The van der Waals surface area contributed by atoms with Gasteiger partial charge in [0.25, 0.3) is 0 Å². The summed E-state index contributed by atoms with van der Waals surface area (Å²) < 4.78 is 4.66. The van der Waals surface area contributed by atoms with Crippen molar-refractivity contribution in [2.24, 2.45) is 0 Å². The lowest BCUT2D eigenvalue weighted by molar-refractivity contribution is -0.156. The highest BCUT2D eigenvalue weighted by Gasteiger charge is 2.29. The molecule has 0 spiro atoms. The third kappa shape index (κ3) is 2.15. The zero-order valence-corrected chi connectivity index (χ0v) is 6.83. The van der Waals surface area contributed by atoms with Crippen LogP contribution in [0.25, 0.3) is 0 Å². The quantitative estimate of drug-likeness (QED) is 0.529. The fourth-order valence-electron chi connectivity index (χ4n) is 1.15. The van der Waals surface area contributed by atoms with E-state index in [0.717, 1.165) is 0 Å². The highest BCUT2D eigenvalue weighted by molar-refractivity contribution is 5.97. The van der Waals surface area contributed by atoms with E-state index in [1.165, 1.54) is 6.92 Å². The third-order valence-corrected chi connectivity index (χ3v) is 1.73. The molecule has 0 N–H and O–H groups in total. The van der Waals surface area contributed by atoms with Gasteiger partial charge in [-0.25, -0.2) is 0 Å². The molecule has 0 bridgehead atoms. The standard InChI is InChI=1S/C8H10O4/c1-5(9)12-8-4-6(10)2-3-7(8)11/h8H,2-4H2,1H3. The van der Waals surface area contributed by atoms with E-state index in [2.05, 4.69) is 4.74 Å². The molecule has 0 aliphatic heterocycles. The summed E-state index contributed by atoms with van der Waals surface area (Å²) in [6.45, 7) is 1.23. The highest BCUT2D eigenvalue weighted by Crippen LogP contribution is 2.14. The fourth-order valence-corrected chi connectivity index (χ4v) is 1.15. The van der Waals surface area contributed by atoms with Gasteiger partial charge in [0.1, 0.15) is 5.78 Å². The van der Waals surface area contributed by atoms with Crippen LogP contribution < -0.4 is 0 Å². The maximum Gasteiger partial charge on any atom is 0.303 e. The summed E-state index contributed by atoms with van der Waals surface area (Å²) in [4.78, 5) is 32.4. The molecule has 1 saturated carbocycles. The molecule has 0 aromatic rings. The molecule has 66 valence electrons. The monoisotopic (exact) mass is 170 g/mol. The van der Waals surface area contributed by atoms with Crippen LogP contribution in [0, 0.1) is 0 Å². The zero-order valence-electron chi connectivity index (χ0n) is 6.83. The predicted octanol–water partition coefficient (Wildman–Crippen LogP) is 0.240. The van der Waals surface area contributed by atoms with Crippen LogP contribution in [-0.4, -0.2) is 23.6 Å². The smallest absolute Gasteiger partial charge is 0.303 e. The van der Waals surface area contributed by atoms with Crippen molar-refractivity contribution in [2.45, 2.75) is 32.3 Å². The molecule has 1 fully saturated rings. The summed E-state index contributed by atoms with van der Waals surface area (Å²) in [7, 11) is 0. The maximum atomic E-state index is 11.0. The van der Waals surface area contributed by atoms with Crippen LogP contribution in [0.5, 0.6) is 0 Å². The molecule has 0 heterocycles. The van der Waals surface area contributed by atoms with Crippen molar-refractivity contribution in [2.75, 3.05) is 0 Å². The minimum Gasteiger partial charge on any atom is -0.454 e. The highest BCUT2D eigenvalue weighted by atomic mass is 16.5. The minimum atomic E-state index is -0.816. The summed E-state index contributed by atoms with van der Waals surface area (Å²) in [6, 6.07) is 0.